The van der Waals surface area contributed by atoms with Crippen LogP contribution in [0.25, 0.3) is 0 Å². The summed E-state index contributed by atoms with van der Waals surface area (Å²) in [5.41, 5.74) is 7.32. The van der Waals surface area contributed by atoms with Crippen LogP contribution in [0, 0.1) is 6.92 Å². The van der Waals surface area contributed by atoms with E-state index in [0.29, 0.717) is 11.8 Å². The van der Waals surface area contributed by atoms with Gasteiger partial charge in [0.2, 0.25) is 11.9 Å². The van der Waals surface area contributed by atoms with E-state index in [4.69, 9.17) is 5.73 Å². The number of nitrogens with two attached hydrogens (primary N) is 1. The van der Waals surface area contributed by atoms with Crippen molar-refractivity contribution in [3.63, 3.8) is 0 Å². The summed E-state index contributed by atoms with van der Waals surface area (Å²) in [5, 5.41) is 3.11. The van der Waals surface area contributed by atoms with Gasteiger partial charge in [0, 0.05) is 12.4 Å². The molecule has 0 saturated carbocycles. The molecule has 1 unspecified atom stereocenters. The lowest BCUT2D eigenvalue weighted by atomic mass is 10.1. The average Bonchev–Trinajstić information content (AvgIpc) is 2.97. The Labute approximate surface area is 135 Å². The van der Waals surface area contributed by atoms with Gasteiger partial charge in [-0.2, -0.15) is 0 Å². The van der Waals surface area contributed by atoms with E-state index in [-0.39, 0.29) is 18.5 Å². The number of rotatable bonds is 5. The molecule has 120 valence electrons. The van der Waals surface area contributed by atoms with Crippen LogP contribution in [0.2, 0.25) is 0 Å². The normalized spacial score (nSPS) is 18.0. The summed E-state index contributed by atoms with van der Waals surface area (Å²) in [6, 6.07) is 5.86. The zero-order valence-corrected chi connectivity index (χ0v) is 13.1. The molecular weight excluding hydrogens is 292 g/mol. The van der Waals surface area contributed by atoms with Crippen LogP contribution in [0.5, 0.6) is 0 Å². The maximum atomic E-state index is 11.2. The summed E-state index contributed by atoms with van der Waals surface area (Å²) in [7, 11) is 0. The van der Waals surface area contributed by atoms with Gasteiger partial charge in [-0.1, -0.05) is 6.07 Å². The molecule has 3 rings (SSSR count). The smallest absolute Gasteiger partial charge is 0.231 e. The quantitative estimate of drug-likeness (QED) is 0.869. The molecule has 0 spiro atoms. The average molecular weight is 312 g/mol. The second kappa shape index (κ2) is 6.70. The van der Waals surface area contributed by atoms with Crippen molar-refractivity contribution in [2.75, 3.05) is 18.4 Å². The predicted molar refractivity (Wildman–Crippen MR) is 87.0 cm³/mol. The van der Waals surface area contributed by atoms with Crippen LogP contribution < -0.4 is 11.1 Å². The van der Waals surface area contributed by atoms with Crippen LogP contribution in [0.4, 0.5) is 11.8 Å². The third kappa shape index (κ3) is 3.81. The molecule has 7 nitrogen and oxygen atoms in total. The summed E-state index contributed by atoms with van der Waals surface area (Å²) in [6.07, 6.45) is 5.51. The Balaban J connectivity index is 1.76. The Hall–Kier alpha value is -2.54. The number of nitrogens with zero attached hydrogens (tertiary/aromatic N) is 4. The number of hydrogen-bond acceptors (Lipinski definition) is 6. The van der Waals surface area contributed by atoms with E-state index in [1.54, 1.807) is 12.4 Å². The van der Waals surface area contributed by atoms with Crippen molar-refractivity contribution in [1.82, 2.24) is 19.9 Å². The summed E-state index contributed by atoms with van der Waals surface area (Å²) >= 11 is 0. The van der Waals surface area contributed by atoms with Gasteiger partial charge in [-0.3, -0.25) is 9.69 Å². The number of aryl methyl sites for hydroxylation is 1. The minimum atomic E-state index is -0.312. The minimum absolute atomic E-state index is 0.108. The number of likely N-dealkylation sites (tertiary alicyclic amines) is 1. The standard InChI is InChI=1S/C16H20N6O/c1-11-4-5-15(19-9-11)21-16-18-7-6-12(20-16)13-3-2-8-22(13)10-14(17)23/h4-7,9,13H,2-3,8,10H2,1H3,(H2,17,23)(H,18,19,20,21). The van der Waals surface area contributed by atoms with Gasteiger partial charge >= 0.3 is 0 Å². The van der Waals surface area contributed by atoms with Crippen molar-refractivity contribution in [3.8, 4) is 0 Å². The number of anilines is 2. The van der Waals surface area contributed by atoms with E-state index in [1.807, 2.05) is 25.1 Å². The Morgan fingerprint density at radius 1 is 1.39 bits per heavy atom. The van der Waals surface area contributed by atoms with Crippen molar-refractivity contribution in [3.05, 3.63) is 41.9 Å². The van der Waals surface area contributed by atoms with E-state index >= 15 is 0 Å². The Bertz CT molecular complexity index is 687. The first kappa shape index (κ1) is 15.4. The number of hydrogen-bond donors (Lipinski definition) is 2. The Kier molecular flexibility index (Phi) is 4.47. The van der Waals surface area contributed by atoms with Crippen LogP contribution in [0.15, 0.2) is 30.6 Å². The summed E-state index contributed by atoms with van der Waals surface area (Å²) in [5.74, 6) is 0.895. The van der Waals surface area contributed by atoms with Crippen LogP contribution in [-0.4, -0.2) is 38.8 Å². The number of carbonyl (C=O) groups excluding carboxylic acids is 1. The first-order valence-electron chi connectivity index (χ1n) is 7.67. The fourth-order valence-electron chi connectivity index (χ4n) is 2.83. The van der Waals surface area contributed by atoms with Gasteiger partial charge in [-0.15, -0.1) is 0 Å². The summed E-state index contributed by atoms with van der Waals surface area (Å²) in [4.78, 5) is 26.4. The van der Waals surface area contributed by atoms with E-state index in [0.717, 1.165) is 30.6 Å². The topological polar surface area (TPSA) is 97.0 Å². The molecule has 2 aromatic heterocycles. The van der Waals surface area contributed by atoms with Crippen molar-refractivity contribution >= 4 is 17.7 Å². The molecular formula is C16H20N6O. The molecule has 23 heavy (non-hydrogen) atoms. The number of aromatic nitrogens is 3. The molecule has 3 heterocycles. The molecule has 0 aromatic carbocycles. The van der Waals surface area contributed by atoms with Crippen molar-refractivity contribution in [2.24, 2.45) is 5.73 Å². The summed E-state index contributed by atoms with van der Waals surface area (Å²) < 4.78 is 0. The van der Waals surface area contributed by atoms with E-state index in [2.05, 4.69) is 25.2 Å². The highest BCUT2D eigenvalue weighted by atomic mass is 16.1. The molecule has 2 aromatic rings. The van der Waals surface area contributed by atoms with Crippen LogP contribution in [0.3, 0.4) is 0 Å². The molecule has 0 bridgehead atoms. The second-order valence-electron chi connectivity index (χ2n) is 5.75. The van der Waals surface area contributed by atoms with Crippen molar-refractivity contribution in [2.45, 2.75) is 25.8 Å². The molecule has 7 heteroatoms. The van der Waals surface area contributed by atoms with Gasteiger partial charge in [-0.25, -0.2) is 15.0 Å². The van der Waals surface area contributed by atoms with Crippen molar-refractivity contribution < 1.29 is 4.79 Å². The molecule has 0 radical (unpaired) electrons. The van der Waals surface area contributed by atoms with Crippen LogP contribution in [-0.2, 0) is 4.79 Å². The number of primary amides is 1. The highest BCUT2D eigenvalue weighted by Crippen LogP contribution is 2.30. The largest absolute Gasteiger partial charge is 0.369 e. The Morgan fingerprint density at radius 2 is 2.26 bits per heavy atom. The van der Waals surface area contributed by atoms with E-state index in [1.165, 1.54) is 0 Å². The third-order valence-electron chi connectivity index (χ3n) is 3.89. The van der Waals surface area contributed by atoms with Crippen LogP contribution in [0.1, 0.15) is 30.1 Å². The fraction of sp³-hybridized carbons (Fsp3) is 0.375. The molecule has 1 atom stereocenters. The van der Waals surface area contributed by atoms with Gasteiger partial charge in [0.15, 0.2) is 0 Å². The third-order valence-corrected chi connectivity index (χ3v) is 3.89. The second-order valence-corrected chi connectivity index (χ2v) is 5.75. The maximum Gasteiger partial charge on any atom is 0.231 e. The lowest BCUT2D eigenvalue weighted by Gasteiger charge is -2.22. The zero-order valence-electron chi connectivity index (χ0n) is 13.1. The highest BCUT2D eigenvalue weighted by Gasteiger charge is 2.28. The van der Waals surface area contributed by atoms with Gasteiger partial charge in [-0.05, 0) is 44.0 Å². The van der Waals surface area contributed by atoms with Gasteiger partial charge in [0.1, 0.15) is 5.82 Å². The van der Waals surface area contributed by atoms with Crippen LogP contribution >= 0.6 is 0 Å². The number of amides is 1. The van der Waals surface area contributed by atoms with Gasteiger partial charge in [0.05, 0.1) is 18.3 Å². The lowest BCUT2D eigenvalue weighted by molar-refractivity contribution is -0.119. The first-order chi connectivity index (χ1) is 11.1. The monoisotopic (exact) mass is 312 g/mol. The highest BCUT2D eigenvalue weighted by molar-refractivity contribution is 5.76. The number of pyridine rings is 1. The molecule has 1 saturated heterocycles. The fourth-order valence-corrected chi connectivity index (χ4v) is 2.83. The maximum absolute atomic E-state index is 11.2. The number of carbonyl (C=O) groups is 1. The molecule has 0 aliphatic carbocycles. The number of nitrogens with one attached hydrogen (secondary N) is 1. The van der Waals surface area contributed by atoms with E-state index < -0.39 is 0 Å². The zero-order chi connectivity index (χ0) is 16.2. The molecule has 1 aliphatic heterocycles. The molecule has 1 fully saturated rings. The Morgan fingerprint density at radius 3 is 3.00 bits per heavy atom. The SMILES string of the molecule is Cc1ccc(Nc2nccc(C3CCCN3CC(N)=O)n2)nc1. The van der Waals surface area contributed by atoms with E-state index in [9.17, 15) is 4.79 Å². The first-order valence-corrected chi connectivity index (χ1v) is 7.67. The molecule has 1 aliphatic rings. The van der Waals surface area contributed by atoms with Crippen molar-refractivity contribution in [1.29, 1.82) is 0 Å². The van der Waals surface area contributed by atoms with Gasteiger partial charge in [0.25, 0.3) is 0 Å². The molecule has 3 N–H and O–H groups in total. The lowest BCUT2D eigenvalue weighted by Crippen LogP contribution is -2.33. The molecule has 1 amide bonds. The van der Waals surface area contributed by atoms with Gasteiger partial charge < -0.3 is 11.1 Å². The minimum Gasteiger partial charge on any atom is -0.369 e. The predicted octanol–water partition coefficient (Wildman–Crippen LogP) is 1.55. The summed E-state index contributed by atoms with van der Waals surface area (Å²) in [6.45, 7) is 3.11.